The summed E-state index contributed by atoms with van der Waals surface area (Å²) in [7, 11) is -0.952. The lowest BCUT2D eigenvalue weighted by atomic mass is 10.1. The predicted molar refractivity (Wildman–Crippen MR) is 86.9 cm³/mol. The lowest BCUT2D eigenvalue weighted by Crippen LogP contribution is -2.33. The van der Waals surface area contributed by atoms with E-state index in [2.05, 4.69) is 0 Å². The number of benzene rings is 2. The quantitative estimate of drug-likeness (QED) is 0.792. The van der Waals surface area contributed by atoms with Gasteiger partial charge in [0.1, 0.15) is 11.8 Å². The number of hydrogen-bond acceptors (Lipinski definition) is 5. The summed E-state index contributed by atoms with van der Waals surface area (Å²) in [5.74, 6) is 0.0767. The number of carbonyl (C=O) groups excluding carboxylic acids is 1. The molecule has 1 heterocycles. The highest BCUT2D eigenvalue weighted by Gasteiger charge is 2.46. The highest BCUT2D eigenvalue weighted by Crippen LogP contribution is 2.41. The Balaban J connectivity index is 2.02. The van der Waals surface area contributed by atoms with E-state index in [0.717, 1.165) is 5.56 Å². The van der Waals surface area contributed by atoms with Crippen LogP contribution in [-0.4, -0.2) is 32.9 Å². The third-order valence-corrected chi connectivity index (χ3v) is 5.90. The van der Waals surface area contributed by atoms with Crippen LogP contribution in [0.15, 0.2) is 53.4 Å². The number of fused-ring (bicyclic) bond motifs is 1. The molecule has 0 saturated carbocycles. The second-order valence-corrected chi connectivity index (χ2v) is 7.22. The molecule has 0 spiro atoms. The Hall–Kier alpha value is -2.38. The van der Waals surface area contributed by atoms with Crippen LogP contribution in [0.3, 0.4) is 0 Å². The van der Waals surface area contributed by atoms with Crippen LogP contribution in [0.4, 0.5) is 0 Å². The summed E-state index contributed by atoms with van der Waals surface area (Å²) in [5.41, 5.74) is 1.19. The second kappa shape index (κ2) is 6.26. The second-order valence-electron chi connectivity index (χ2n) is 5.36. The molecule has 6 nitrogen and oxygen atoms in total. The molecule has 1 aliphatic heterocycles. The molecule has 0 bridgehead atoms. The van der Waals surface area contributed by atoms with Crippen molar-refractivity contribution in [1.29, 1.82) is 0 Å². The maximum atomic E-state index is 12.8. The van der Waals surface area contributed by atoms with E-state index in [1.807, 2.05) is 0 Å². The van der Waals surface area contributed by atoms with Gasteiger partial charge >= 0.3 is 5.97 Å². The highest BCUT2D eigenvalue weighted by atomic mass is 32.2. The van der Waals surface area contributed by atoms with Gasteiger partial charge in [-0.25, -0.2) is 13.2 Å². The lowest BCUT2D eigenvalue weighted by Gasteiger charge is -2.21. The number of esters is 1. The molecule has 0 N–H and O–H groups in total. The molecular formula is C17H17NO5S. The summed E-state index contributed by atoms with van der Waals surface area (Å²) in [5, 5.41) is 0. The number of carbonyl (C=O) groups is 1. The zero-order valence-electron chi connectivity index (χ0n) is 13.3. The zero-order chi connectivity index (χ0) is 17.3. The van der Waals surface area contributed by atoms with Crippen molar-refractivity contribution in [1.82, 2.24) is 4.31 Å². The van der Waals surface area contributed by atoms with E-state index < -0.39 is 22.0 Å². The monoisotopic (exact) mass is 347 g/mol. The van der Waals surface area contributed by atoms with E-state index in [4.69, 9.17) is 9.47 Å². The van der Waals surface area contributed by atoms with Gasteiger partial charge in [0.25, 0.3) is 0 Å². The largest absolute Gasteiger partial charge is 0.497 e. The van der Waals surface area contributed by atoms with Crippen molar-refractivity contribution in [3.63, 3.8) is 0 Å². The molecule has 1 aliphatic rings. The summed E-state index contributed by atoms with van der Waals surface area (Å²) in [4.78, 5) is 12.4. The minimum atomic E-state index is -3.76. The van der Waals surface area contributed by atoms with Gasteiger partial charge < -0.3 is 9.47 Å². The van der Waals surface area contributed by atoms with Gasteiger partial charge in [-0.1, -0.05) is 30.3 Å². The SMILES string of the molecule is COC(=O)C1c2ccccc2S(=O)(=O)N1Cc1ccc(OC)cc1. The van der Waals surface area contributed by atoms with Crippen molar-refractivity contribution in [3.05, 3.63) is 59.7 Å². The Morgan fingerprint density at radius 3 is 2.38 bits per heavy atom. The predicted octanol–water partition coefficient (Wildman–Crippen LogP) is 2.11. The maximum Gasteiger partial charge on any atom is 0.328 e. The van der Waals surface area contributed by atoms with Gasteiger partial charge in [-0.05, 0) is 23.8 Å². The first-order valence-corrected chi connectivity index (χ1v) is 8.74. The molecule has 1 unspecified atom stereocenters. The third kappa shape index (κ3) is 2.65. The molecule has 3 rings (SSSR count). The van der Waals surface area contributed by atoms with Gasteiger partial charge in [0.15, 0.2) is 0 Å². The van der Waals surface area contributed by atoms with Crippen molar-refractivity contribution < 1.29 is 22.7 Å². The Labute approximate surface area is 140 Å². The van der Waals surface area contributed by atoms with Crippen molar-refractivity contribution in [2.24, 2.45) is 0 Å². The molecule has 0 aliphatic carbocycles. The number of hydrogen-bond donors (Lipinski definition) is 0. The molecule has 0 amide bonds. The molecule has 1 atom stereocenters. The fourth-order valence-corrected chi connectivity index (χ4v) is 4.58. The number of rotatable bonds is 4. The molecule has 126 valence electrons. The number of ether oxygens (including phenoxy) is 2. The van der Waals surface area contributed by atoms with Crippen LogP contribution in [0.25, 0.3) is 0 Å². The van der Waals surface area contributed by atoms with Gasteiger partial charge in [-0.2, -0.15) is 4.31 Å². The van der Waals surface area contributed by atoms with E-state index in [0.29, 0.717) is 11.3 Å². The van der Waals surface area contributed by atoms with E-state index >= 15 is 0 Å². The van der Waals surface area contributed by atoms with Crippen molar-refractivity contribution in [2.75, 3.05) is 14.2 Å². The van der Waals surface area contributed by atoms with Gasteiger partial charge in [-0.15, -0.1) is 0 Å². The molecule has 2 aromatic rings. The van der Waals surface area contributed by atoms with Crippen molar-refractivity contribution in [2.45, 2.75) is 17.5 Å². The molecule has 0 saturated heterocycles. The molecule has 0 aromatic heterocycles. The standard InChI is InChI=1S/C17H17NO5S/c1-22-13-9-7-12(8-10-13)11-18-16(17(19)23-2)14-5-3-4-6-15(14)24(18,20)21/h3-10,16H,11H2,1-2H3. The molecule has 2 aromatic carbocycles. The van der Waals surface area contributed by atoms with E-state index in [9.17, 15) is 13.2 Å². The average Bonchev–Trinajstić information content (AvgIpc) is 2.83. The lowest BCUT2D eigenvalue weighted by molar-refractivity contribution is -0.145. The molecule has 7 heteroatoms. The Morgan fingerprint density at radius 1 is 1.08 bits per heavy atom. The summed E-state index contributed by atoms with van der Waals surface area (Å²) in [6.45, 7) is 0.0702. The topological polar surface area (TPSA) is 72.9 Å². The third-order valence-electron chi connectivity index (χ3n) is 4.01. The molecular weight excluding hydrogens is 330 g/mol. The van der Waals surface area contributed by atoms with Crippen LogP contribution in [0.2, 0.25) is 0 Å². The Bertz CT molecular complexity index is 861. The number of nitrogens with zero attached hydrogens (tertiary/aromatic N) is 1. The van der Waals surface area contributed by atoms with Crippen LogP contribution < -0.4 is 4.74 Å². The average molecular weight is 347 g/mol. The number of methoxy groups -OCH3 is 2. The first-order valence-electron chi connectivity index (χ1n) is 7.30. The minimum absolute atomic E-state index is 0.0702. The zero-order valence-corrected chi connectivity index (χ0v) is 14.1. The van der Waals surface area contributed by atoms with Gasteiger partial charge in [0.2, 0.25) is 10.0 Å². The van der Waals surface area contributed by atoms with Crippen LogP contribution in [0.5, 0.6) is 5.75 Å². The fraction of sp³-hybridized carbons (Fsp3) is 0.235. The van der Waals surface area contributed by atoms with Gasteiger partial charge in [-0.3, -0.25) is 0 Å². The van der Waals surface area contributed by atoms with E-state index in [1.165, 1.54) is 17.5 Å². The summed E-state index contributed by atoms with van der Waals surface area (Å²) in [6.07, 6.45) is 0. The van der Waals surface area contributed by atoms with Gasteiger partial charge in [0.05, 0.1) is 19.1 Å². The Kier molecular flexibility index (Phi) is 4.29. The highest BCUT2D eigenvalue weighted by molar-refractivity contribution is 7.89. The Morgan fingerprint density at radius 2 is 1.75 bits per heavy atom. The van der Waals surface area contributed by atoms with Crippen LogP contribution in [0, 0.1) is 0 Å². The molecule has 0 radical (unpaired) electrons. The van der Waals surface area contributed by atoms with Crippen molar-refractivity contribution in [3.8, 4) is 5.75 Å². The van der Waals surface area contributed by atoms with E-state index in [1.54, 1.807) is 49.6 Å². The normalized spacial score (nSPS) is 18.8. The van der Waals surface area contributed by atoms with Crippen LogP contribution in [0.1, 0.15) is 17.2 Å². The molecule has 24 heavy (non-hydrogen) atoms. The maximum absolute atomic E-state index is 12.8. The smallest absolute Gasteiger partial charge is 0.328 e. The van der Waals surface area contributed by atoms with Crippen LogP contribution in [-0.2, 0) is 26.1 Å². The van der Waals surface area contributed by atoms with Crippen molar-refractivity contribution >= 4 is 16.0 Å². The fourth-order valence-electron chi connectivity index (χ4n) is 2.80. The van der Waals surface area contributed by atoms with Gasteiger partial charge in [0, 0.05) is 12.1 Å². The van der Waals surface area contributed by atoms with E-state index in [-0.39, 0.29) is 11.4 Å². The molecule has 0 fully saturated rings. The summed E-state index contributed by atoms with van der Waals surface area (Å²) >= 11 is 0. The summed E-state index contributed by atoms with van der Waals surface area (Å²) < 4.78 is 36.8. The van der Waals surface area contributed by atoms with Crippen LogP contribution >= 0.6 is 0 Å². The number of sulfonamides is 1. The first-order chi connectivity index (χ1) is 11.5. The summed E-state index contributed by atoms with van der Waals surface area (Å²) in [6, 6.07) is 12.6. The first kappa shape index (κ1) is 16.5. The minimum Gasteiger partial charge on any atom is -0.497 e.